The van der Waals surface area contributed by atoms with Gasteiger partial charge in [-0.3, -0.25) is 4.79 Å². The average Bonchev–Trinajstić information content (AvgIpc) is 3.44. The summed E-state index contributed by atoms with van der Waals surface area (Å²) < 4.78 is 22.2. The van der Waals surface area contributed by atoms with Crippen LogP contribution in [-0.2, 0) is 11.3 Å². The second-order valence-electron chi connectivity index (χ2n) is 7.94. The fourth-order valence-corrected chi connectivity index (χ4v) is 4.31. The van der Waals surface area contributed by atoms with Gasteiger partial charge < -0.3 is 14.6 Å². The van der Waals surface area contributed by atoms with Crippen molar-refractivity contribution in [1.29, 1.82) is 0 Å². The molecule has 0 atom stereocenters. The Morgan fingerprint density at radius 1 is 1.11 bits per heavy atom. The number of hydrogen-bond acceptors (Lipinski definition) is 6. The first-order valence-electron chi connectivity index (χ1n) is 11.3. The number of rotatable bonds is 10. The maximum absolute atomic E-state index is 13.3. The Balaban J connectivity index is 1.48. The monoisotopic (exact) mass is 494 g/mol. The molecule has 182 valence electrons. The molecule has 0 aliphatic heterocycles. The van der Waals surface area contributed by atoms with Gasteiger partial charge >= 0.3 is 0 Å². The molecule has 0 unspecified atom stereocenters. The number of hydrogen-bond donors (Lipinski definition) is 1. The fourth-order valence-electron chi connectivity index (χ4n) is 3.54. The Labute approximate surface area is 207 Å². The zero-order valence-corrected chi connectivity index (χ0v) is 20.7. The second-order valence-corrected chi connectivity index (χ2v) is 8.88. The van der Waals surface area contributed by atoms with Crippen LogP contribution in [0.15, 0.2) is 59.8 Å². The van der Waals surface area contributed by atoms with Crippen LogP contribution in [0, 0.1) is 12.7 Å². The number of unbranched alkanes of at least 4 members (excludes halogenated alkanes) is 1. The van der Waals surface area contributed by atoms with Crippen LogP contribution in [0.4, 0.5) is 10.2 Å². The summed E-state index contributed by atoms with van der Waals surface area (Å²) in [7, 11) is 1.63. The summed E-state index contributed by atoms with van der Waals surface area (Å²) in [6.07, 6.45) is 1.99. The number of amides is 1. The lowest BCUT2D eigenvalue weighted by atomic mass is 10.2. The van der Waals surface area contributed by atoms with Crippen molar-refractivity contribution in [3.63, 3.8) is 0 Å². The number of nitrogens with zero attached hydrogens (tertiary/aromatic N) is 5. The molecule has 0 spiro atoms. The van der Waals surface area contributed by atoms with Gasteiger partial charge in [0.15, 0.2) is 11.0 Å². The van der Waals surface area contributed by atoms with Gasteiger partial charge in [-0.1, -0.05) is 25.1 Å². The smallest absolute Gasteiger partial charge is 0.236 e. The predicted octanol–water partition coefficient (Wildman–Crippen LogP) is 5.12. The van der Waals surface area contributed by atoms with Crippen LogP contribution in [0.3, 0.4) is 0 Å². The van der Waals surface area contributed by atoms with E-state index in [0.717, 1.165) is 42.2 Å². The molecule has 0 saturated heterocycles. The van der Waals surface area contributed by atoms with Crippen molar-refractivity contribution < 1.29 is 13.9 Å². The molecule has 4 aromatic rings. The molecule has 1 N–H and O–H groups in total. The van der Waals surface area contributed by atoms with Crippen LogP contribution in [0.1, 0.15) is 25.5 Å². The maximum atomic E-state index is 13.3. The van der Waals surface area contributed by atoms with Crippen molar-refractivity contribution in [1.82, 2.24) is 24.5 Å². The highest BCUT2D eigenvalue weighted by molar-refractivity contribution is 7.99. The standard InChI is InChI=1S/C25H27FN6O2S/c1-4-5-14-31-24(18-6-12-21(34-3)13-7-18)28-29-25(31)35-16-23(33)27-22-15-17(2)30-32(22)20-10-8-19(26)9-11-20/h6-13,15H,4-5,14,16H2,1-3H3,(H,27,33). The van der Waals surface area contributed by atoms with Crippen molar-refractivity contribution >= 4 is 23.5 Å². The number of ether oxygens (including phenoxy) is 1. The molecular formula is C25H27FN6O2S. The third kappa shape index (κ3) is 5.89. The average molecular weight is 495 g/mol. The largest absolute Gasteiger partial charge is 0.497 e. The molecule has 0 saturated carbocycles. The topological polar surface area (TPSA) is 86.9 Å². The minimum absolute atomic E-state index is 0.153. The van der Waals surface area contributed by atoms with Crippen LogP contribution in [0.2, 0.25) is 0 Å². The number of methoxy groups -OCH3 is 1. The third-order valence-electron chi connectivity index (χ3n) is 5.30. The van der Waals surface area contributed by atoms with E-state index in [-0.39, 0.29) is 17.5 Å². The van der Waals surface area contributed by atoms with Crippen molar-refractivity contribution in [3.8, 4) is 22.8 Å². The van der Waals surface area contributed by atoms with Crippen molar-refractivity contribution in [2.75, 3.05) is 18.2 Å². The van der Waals surface area contributed by atoms with Crippen LogP contribution in [0.5, 0.6) is 5.75 Å². The summed E-state index contributed by atoms with van der Waals surface area (Å²) in [5.41, 5.74) is 2.33. The van der Waals surface area contributed by atoms with Crippen molar-refractivity contribution in [3.05, 3.63) is 66.1 Å². The first-order chi connectivity index (χ1) is 17.0. The number of nitrogens with one attached hydrogen (secondary N) is 1. The molecule has 2 aromatic carbocycles. The molecule has 1 amide bonds. The number of anilines is 1. The predicted molar refractivity (Wildman–Crippen MR) is 135 cm³/mol. The Morgan fingerprint density at radius 3 is 2.54 bits per heavy atom. The lowest BCUT2D eigenvalue weighted by Crippen LogP contribution is -2.17. The highest BCUT2D eigenvalue weighted by atomic mass is 32.2. The van der Waals surface area contributed by atoms with Crippen LogP contribution in [-0.4, -0.2) is 43.3 Å². The summed E-state index contributed by atoms with van der Waals surface area (Å²) in [6, 6.07) is 15.4. The summed E-state index contributed by atoms with van der Waals surface area (Å²) in [4.78, 5) is 12.8. The van der Waals surface area contributed by atoms with Gasteiger partial charge in [-0.25, -0.2) is 9.07 Å². The molecule has 2 heterocycles. The molecule has 0 aliphatic carbocycles. The molecule has 8 nitrogen and oxygen atoms in total. The quantitative estimate of drug-likeness (QED) is 0.308. The zero-order chi connectivity index (χ0) is 24.8. The zero-order valence-electron chi connectivity index (χ0n) is 19.9. The van der Waals surface area contributed by atoms with Crippen LogP contribution in [0.25, 0.3) is 17.1 Å². The molecule has 0 fully saturated rings. The maximum Gasteiger partial charge on any atom is 0.236 e. The van der Waals surface area contributed by atoms with E-state index in [2.05, 4.69) is 32.1 Å². The molecule has 10 heteroatoms. The first kappa shape index (κ1) is 24.5. The van der Waals surface area contributed by atoms with Crippen molar-refractivity contribution in [2.24, 2.45) is 0 Å². The molecule has 0 radical (unpaired) electrons. The Hall–Kier alpha value is -3.66. The van der Waals surface area contributed by atoms with E-state index < -0.39 is 0 Å². The van der Waals surface area contributed by atoms with E-state index in [1.165, 1.54) is 23.9 Å². The van der Waals surface area contributed by atoms with Gasteiger partial charge in [0.05, 0.1) is 24.2 Å². The fraction of sp³-hybridized carbons (Fsp3) is 0.280. The summed E-state index contributed by atoms with van der Waals surface area (Å²) in [6.45, 7) is 4.72. The van der Waals surface area contributed by atoms with Gasteiger partial charge in [0.2, 0.25) is 5.91 Å². The number of aromatic nitrogens is 5. The molecule has 0 bridgehead atoms. The van der Waals surface area contributed by atoms with E-state index in [4.69, 9.17) is 4.74 Å². The molecule has 4 rings (SSSR count). The Bertz CT molecular complexity index is 1280. The van der Waals surface area contributed by atoms with Crippen molar-refractivity contribution in [2.45, 2.75) is 38.4 Å². The van der Waals surface area contributed by atoms with E-state index >= 15 is 0 Å². The number of benzene rings is 2. The number of aryl methyl sites for hydroxylation is 1. The van der Waals surface area contributed by atoms with E-state index in [1.807, 2.05) is 31.2 Å². The highest BCUT2D eigenvalue weighted by Gasteiger charge is 2.17. The van der Waals surface area contributed by atoms with E-state index in [9.17, 15) is 9.18 Å². The molecular weight excluding hydrogens is 467 g/mol. The number of carbonyl (C=O) groups excluding carboxylic acids is 1. The Morgan fingerprint density at radius 2 is 1.86 bits per heavy atom. The molecule has 2 aromatic heterocycles. The van der Waals surface area contributed by atoms with Gasteiger partial charge in [-0.2, -0.15) is 5.10 Å². The highest BCUT2D eigenvalue weighted by Crippen LogP contribution is 2.26. The van der Waals surface area contributed by atoms with Crippen LogP contribution < -0.4 is 10.1 Å². The summed E-state index contributed by atoms with van der Waals surface area (Å²) in [5.74, 6) is 1.67. The molecule has 35 heavy (non-hydrogen) atoms. The lowest BCUT2D eigenvalue weighted by molar-refractivity contribution is -0.113. The van der Waals surface area contributed by atoms with Crippen LogP contribution >= 0.6 is 11.8 Å². The normalized spacial score (nSPS) is 11.0. The minimum Gasteiger partial charge on any atom is -0.497 e. The summed E-state index contributed by atoms with van der Waals surface area (Å²) >= 11 is 1.33. The van der Waals surface area contributed by atoms with E-state index in [1.54, 1.807) is 30.0 Å². The van der Waals surface area contributed by atoms with Gasteiger partial charge in [0, 0.05) is 18.2 Å². The number of carbonyl (C=O) groups is 1. The lowest BCUT2D eigenvalue weighted by Gasteiger charge is -2.11. The number of halogens is 1. The summed E-state index contributed by atoms with van der Waals surface area (Å²) in [5, 5.41) is 16.8. The van der Waals surface area contributed by atoms with Gasteiger partial charge in [-0.15, -0.1) is 10.2 Å². The Kier molecular flexibility index (Phi) is 7.81. The van der Waals surface area contributed by atoms with E-state index in [0.29, 0.717) is 16.7 Å². The molecule has 0 aliphatic rings. The van der Waals surface area contributed by atoms with Gasteiger partial charge in [0.25, 0.3) is 0 Å². The minimum atomic E-state index is -0.333. The van der Waals surface area contributed by atoms with Gasteiger partial charge in [-0.05, 0) is 61.9 Å². The van der Waals surface area contributed by atoms with Gasteiger partial charge in [0.1, 0.15) is 17.4 Å². The first-order valence-corrected chi connectivity index (χ1v) is 12.3. The SMILES string of the molecule is CCCCn1c(SCC(=O)Nc2cc(C)nn2-c2ccc(F)cc2)nnc1-c1ccc(OC)cc1. The number of thioether (sulfide) groups is 1. The third-order valence-corrected chi connectivity index (χ3v) is 6.27. The second kappa shape index (κ2) is 11.2.